The van der Waals surface area contributed by atoms with E-state index in [1.807, 2.05) is 6.92 Å². The quantitative estimate of drug-likeness (QED) is 0.461. The molecule has 5 aliphatic rings. The largest absolute Gasteiger partial charge is 0.393 e. The molecule has 9 atom stereocenters. The fourth-order valence-electron chi connectivity index (χ4n) is 9.75. The van der Waals surface area contributed by atoms with Gasteiger partial charge in [0.15, 0.2) is 0 Å². The molecule has 2 N–H and O–H groups in total. The molecule has 3 saturated carbocycles. The van der Waals surface area contributed by atoms with Crippen LogP contribution in [0.1, 0.15) is 105 Å². The molecule has 1 heterocycles. The lowest BCUT2D eigenvalue weighted by Gasteiger charge is -2.59. The average molecular weight is 459 g/mol. The van der Waals surface area contributed by atoms with Gasteiger partial charge in [0, 0.05) is 13.2 Å². The topological polar surface area (TPSA) is 49.7 Å². The van der Waals surface area contributed by atoms with E-state index < -0.39 is 5.60 Å². The molecule has 0 bridgehead atoms. The van der Waals surface area contributed by atoms with Crippen LogP contribution in [0.15, 0.2) is 11.6 Å². The molecule has 33 heavy (non-hydrogen) atoms. The van der Waals surface area contributed by atoms with Gasteiger partial charge in [-0.25, -0.2) is 0 Å². The molecule has 1 saturated heterocycles. The number of ether oxygens (including phenoxy) is 1. The van der Waals surface area contributed by atoms with Gasteiger partial charge in [-0.15, -0.1) is 0 Å². The molecule has 4 aliphatic carbocycles. The van der Waals surface area contributed by atoms with E-state index in [9.17, 15) is 10.2 Å². The minimum absolute atomic E-state index is 0.137. The van der Waals surface area contributed by atoms with Gasteiger partial charge in [0.25, 0.3) is 0 Å². The van der Waals surface area contributed by atoms with E-state index in [0.717, 1.165) is 69.0 Å². The SMILES string of the molecule is C[C@H](CCC(O)C1CCOCC1)[C@H]1CC[C@H]2C3CC=C4C[C@@](C)(O)CC[C@]4(C)[C@H]3CC[C@]12C. The maximum atomic E-state index is 10.8. The molecular formula is C30H50O3. The van der Waals surface area contributed by atoms with Crippen molar-refractivity contribution in [3.8, 4) is 0 Å². The number of aliphatic hydroxyl groups excluding tert-OH is 1. The van der Waals surface area contributed by atoms with Crippen LogP contribution in [0.25, 0.3) is 0 Å². The Balaban J connectivity index is 1.25. The molecule has 2 unspecified atom stereocenters. The number of hydrogen-bond donors (Lipinski definition) is 2. The van der Waals surface area contributed by atoms with Gasteiger partial charge in [-0.05, 0) is 130 Å². The summed E-state index contributed by atoms with van der Waals surface area (Å²) in [4.78, 5) is 0. The van der Waals surface area contributed by atoms with E-state index in [1.54, 1.807) is 5.57 Å². The second-order valence-electron chi connectivity index (χ2n) is 13.7. The van der Waals surface area contributed by atoms with Crippen molar-refractivity contribution < 1.29 is 14.9 Å². The fraction of sp³-hybridized carbons (Fsp3) is 0.933. The predicted octanol–water partition coefficient (Wildman–Crippen LogP) is 6.52. The van der Waals surface area contributed by atoms with Crippen LogP contribution in [0, 0.1) is 46.3 Å². The fourth-order valence-corrected chi connectivity index (χ4v) is 9.75. The van der Waals surface area contributed by atoms with Gasteiger partial charge in [-0.3, -0.25) is 0 Å². The Labute approximate surface area is 202 Å². The first kappa shape index (κ1) is 24.3. The normalized spacial score (nSPS) is 47.8. The van der Waals surface area contributed by atoms with Crippen LogP contribution in [0.2, 0.25) is 0 Å². The van der Waals surface area contributed by atoms with Gasteiger partial charge < -0.3 is 14.9 Å². The third kappa shape index (κ3) is 4.27. The molecule has 0 aromatic heterocycles. The Morgan fingerprint density at radius 2 is 1.73 bits per heavy atom. The van der Waals surface area contributed by atoms with Gasteiger partial charge in [0.1, 0.15) is 0 Å². The summed E-state index contributed by atoms with van der Waals surface area (Å²) in [6, 6.07) is 0. The number of fused-ring (bicyclic) bond motifs is 5. The molecule has 3 nitrogen and oxygen atoms in total. The molecule has 0 radical (unpaired) electrons. The molecule has 0 spiro atoms. The minimum Gasteiger partial charge on any atom is -0.393 e. The van der Waals surface area contributed by atoms with Crippen LogP contribution in [0.5, 0.6) is 0 Å². The molecule has 3 heteroatoms. The second kappa shape index (κ2) is 8.93. The summed E-state index contributed by atoms with van der Waals surface area (Å²) in [5, 5.41) is 21.5. The zero-order valence-corrected chi connectivity index (χ0v) is 21.8. The van der Waals surface area contributed by atoms with Crippen LogP contribution >= 0.6 is 0 Å². The highest BCUT2D eigenvalue weighted by Crippen LogP contribution is 2.67. The highest BCUT2D eigenvalue weighted by molar-refractivity contribution is 5.26. The molecule has 0 amide bonds. The van der Waals surface area contributed by atoms with Crippen LogP contribution in [0.4, 0.5) is 0 Å². The third-order valence-corrected chi connectivity index (χ3v) is 11.9. The highest BCUT2D eigenvalue weighted by atomic mass is 16.5. The number of rotatable bonds is 5. The highest BCUT2D eigenvalue weighted by Gasteiger charge is 2.59. The first-order chi connectivity index (χ1) is 15.6. The molecule has 4 fully saturated rings. The van der Waals surface area contributed by atoms with Crippen molar-refractivity contribution in [1.29, 1.82) is 0 Å². The lowest BCUT2D eigenvalue weighted by Crippen LogP contribution is -2.52. The maximum absolute atomic E-state index is 10.8. The number of hydrogen-bond acceptors (Lipinski definition) is 3. The lowest BCUT2D eigenvalue weighted by molar-refractivity contribution is -0.0713. The first-order valence-electron chi connectivity index (χ1n) is 14.3. The van der Waals surface area contributed by atoms with Crippen LogP contribution in [0.3, 0.4) is 0 Å². The summed E-state index contributed by atoms with van der Waals surface area (Å²) >= 11 is 0. The van der Waals surface area contributed by atoms with E-state index in [1.165, 1.54) is 44.9 Å². The van der Waals surface area contributed by atoms with Crippen molar-refractivity contribution >= 4 is 0 Å². The molecule has 0 aromatic rings. The van der Waals surface area contributed by atoms with Gasteiger partial charge in [-0.2, -0.15) is 0 Å². The predicted molar refractivity (Wildman–Crippen MR) is 134 cm³/mol. The van der Waals surface area contributed by atoms with Crippen molar-refractivity contribution in [1.82, 2.24) is 0 Å². The third-order valence-electron chi connectivity index (χ3n) is 11.9. The second-order valence-corrected chi connectivity index (χ2v) is 13.7. The Bertz CT molecular complexity index is 737. The standard InChI is InChI=1S/C30H50O3/c1-20(5-10-27(31)21-12-17-33-18-13-21)24-8-9-25-23-7-6-22-19-28(2,32)15-16-29(22,3)26(23)11-14-30(24,25)4/h6,20-21,23-27,31-32H,5,7-19H2,1-4H3/t20-,23?,24-,25+,26+,27?,28+,29+,30-/m1/s1. The van der Waals surface area contributed by atoms with E-state index in [2.05, 4.69) is 26.8 Å². The van der Waals surface area contributed by atoms with Crippen molar-refractivity contribution in [2.75, 3.05) is 13.2 Å². The Morgan fingerprint density at radius 1 is 0.970 bits per heavy atom. The van der Waals surface area contributed by atoms with Crippen LogP contribution in [-0.2, 0) is 4.74 Å². The molecule has 188 valence electrons. The van der Waals surface area contributed by atoms with Crippen LogP contribution in [-0.4, -0.2) is 35.1 Å². The van der Waals surface area contributed by atoms with Gasteiger partial charge >= 0.3 is 0 Å². The summed E-state index contributed by atoms with van der Waals surface area (Å²) in [5.74, 6) is 4.49. The summed E-state index contributed by atoms with van der Waals surface area (Å²) in [6.45, 7) is 11.4. The van der Waals surface area contributed by atoms with Gasteiger partial charge in [-0.1, -0.05) is 32.4 Å². The minimum atomic E-state index is -0.496. The molecular weight excluding hydrogens is 408 g/mol. The maximum Gasteiger partial charge on any atom is 0.0657 e. The van der Waals surface area contributed by atoms with E-state index >= 15 is 0 Å². The number of aliphatic hydroxyl groups is 2. The van der Waals surface area contributed by atoms with Crippen molar-refractivity contribution in [2.24, 2.45) is 46.3 Å². The van der Waals surface area contributed by atoms with E-state index in [-0.39, 0.29) is 6.10 Å². The monoisotopic (exact) mass is 458 g/mol. The van der Waals surface area contributed by atoms with Gasteiger partial charge in [0.05, 0.1) is 11.7 Å². The molecule has 5 rings (SSSR count). The summed E-state index contributed by atoms with van der Waals surface area (Å²) in [6.07, 6.45) is 16.5. The Hall–Kier alpha value is -0.380. The zero-order valence-electron chi connectivity index (χ0n) is 21.8. The van der Waals surface area contributed by atoms with Crippen molar-refractivity contribution in [3.63, 3.8) is 0 Å². The molecule has 0 aromatic carbocycles. The lowest BCUT2D eigenvalue weighted by atomic mass is 9.46. The zero-order chi connectivity index (χ0) is 23.4. The van der Waals surface area contributed by atoms with Gasteiger partial charge in [0.2, 0.25) is 0 Å². The summed E-state index contributed by atoms with van der Waals surface area (Å²) < 4.78 is 5.50. The molecule has 1 aliphatic heterocycles. The summed E-state index contributed by atoms with van der Waals surface area (Å²) in [5.41, 5.74) is 1.88. The number of allylic oxidation sites excluding steroid dienone is 1. The van der Waals surface area contributed by atoms with Crippen LogP contribution < -0.4 is 0 Å². The van der Waals surface area contributed by atoms with E-state index in [4.69, 9.17) is 4.74 Å². The summed E-state index contributed by atoms with van der Waals surface area (Å²) in [7, 11) is 0. The van der Waals surface area contributed by atoms with Crippen molar-refractivity contribution in [2.45, 2.75) is 116 Å². The Morgan fingerprint density at radius 3 is 2.48 bits per heavy atom. The average Bonchev–Trinajstić information content (AvgIpc) is 3.15. The van der Waals surface area contributed by atoms with E-state index in [0.29, 0.717) is 22.7 Å². The van der Waals surface area contributed by atoms with Crippen molar-refractivity contribution in [3.05, 3.63) is 11.6 Å². The smallest absolute Gasteiger partial charge is 0.0657 e. The Kier molecular flexibility index (Phi) is 6.58. The first-order valence-corrected chi connectivity index (χ1v) is 14.3.